The van der Waals surface area contributed by atoms with Gasteiger partial charge in [-0.25, -0.2) is 4.79 Å². The molecule has 1 aliphatic heterocycles. The number of aromatic amines is 1. The Morgan fingerprint density at radius 2 is 1.81 bits per heavy atom. The molecule has 2 heterocycles. The molecule has 0 aliphatic carbocycles. The minimum atomic E-state index is -0.921. The largest absolute Gasteiger partial charge is 0.477 e. The lowest BCUT2D eigenvalue weighted by molar-refractivity contribution is 0.0692. The molecule has 0 radical (unpaired) electrons. The zero-order valence-electron chi connectivity index (χ0n) is 11.6. The van der Waals surface area contributed by atoms with E-state index in [9.17, 15) is 9.90 Å². The number of hydrogen-bond acceptors (Lipinski definition) is 2. The number of halogens is 1. The van der Waals surface area contributed by atoms with Gasteiger partial charge in [0, 0.05) is 29.9 Å². The fraction of sp³-hybridized carbons (Fsp3) is 0.312. The number of benzene rings is 1. The lowest BCUT2D eigenvalue weighted by Crippen LogP contribution is -2.30. The molecule has 2 aromatic rings. The fourth-order valence-corrected chi connectivity index (χ4v) is 3.00. The van der Waals surface area contributed by atoms with E-state index in [0.717, 1.165) is 42.7 Å². The minimum Gasteiger partial charge on any atom is -0.477 e. The van der Waals surface area contributed by atoms with Crippen LogP contribution in [0.1, 0.15) is 29.8 Å². The lowest BCUT2D eigenvalue weighted by Gasteiger charge is -2.29. The molecule has 1 aromatic heterocycles. The number of nitrogens with one attached hydrogen (secondary N) is 1. The van der Waals surface area contributed by atoms with Gasteiger partial charge in [0.05, 0.1) is 5.69 Å². The quantitative estimate of drug-likeness (QED) is 0.900. The van der Waals surface area contributed by atoms with Gasteiger partial charge in [-0.1, -0.05) is 23.7 Å². The van der Waals surface area contributed by atoms with Crippen LogP contribution in [-0.2, 0) is 0 Å². The molecule has 110 valence electrons. The molecular weight excluding hydrogens is 288 g/mol. The smallest absolute Gasteiger partial charge is 0.354 e. The van der Waals surface area contributed by atoms with Gasteiger partial charge in [0.2, 0.25) is 0 Å². The number of hydrogen-bond donors (Lipinski definition) is 2. The number of aromatic nitrogens is 1. The van der Waals surface area contributed by atoms with Crippen LogP contribution in [0.4, 0.5) is 5.69 Å². The molecule has 0 unspecified atom stereocenters. The van der Waals surface area contributed by atoms with E-state index in [-0.39, 0.29) is 5.69 Å². The van der Waals surface area contributed by atoms with Gasteiger partial charge in [0.15, 0.2) is 0 Å². The van der Waals surface area contributed by atoms with E-state index in [4.69, 9.17) is 11.6 Å². The van der Waals surface area contributed by atoms with E-state index in [1.54, 1.807) is 6.20 Å². The molecule has 3 rings (SSSR count). The van der Waals surface area contributed by atoms with Crippen molar-refractivity contribution in [3.63, 3.8) is 0 Å². The Morgan fingerprint density at radius 1 is 1.14 bits per heavy atom. The van der Waals surface area contributed by atoms with E-state index in [0.29, 0.717) is 5.02 Å². The second-order valence-electron chi connectivity index (χ2n) is 5.29. The molecule has 1 fully saturated rings. The van der Waals surface area contributed by atoms with Gasteiger partial charge in [-0.15, -0.1) is 0 Å². The average molecular weight is 305 g/mol. The van der Waals surface area contributed by atoms with Crippen LogP contribution in [0.2, 0.25) is 5.02 Å². The highest BCUT2D eigenvalue weighted by molar-refractivity contribution is 6.30. The summed E-state index contributed by atoms with van der Waals surface area (Å²) >= 11 is 5.93. The van der Waals surface area contributed by atoms with Crippen molar-refractivity contribution in [2.45, 2.75) is 19.3 Å². The normalized spacial score (nSPS) is 15.2. The van der Waals surface area contributed by atoms with Gasteiger partial charge in [0.1, 0.15) is 5.69 Å². The van der Waals surface area contributed by atoms with Crippen LogP contribution in [0.3, 0.4) is 0 Å². The standard InChI is InChI=1S/C16H17ClN2O2/c17-12-6-4-11(5-7-12)13-10-18-14(16(20)21)15(13)19-8-2-1-3-9-19/h4-7,10,18H,1-3,8-9H2,(H,20,21). The first-order chi connectivity index (χ1) is 10.2. The number of carbonyl (C=O) groups is 1. The molecule has 0 atom stereocenters. The molecular formula is C16H17ClN2O2. The number of carboxylic acid groups (broad SMARTS) is 1. The van der Waals surface area contributed by atoms with Crippen LogP contribution in [0.25, 0.3) is 11.1 Å². The maximum absolute atomic E-state index is 11.5. The summed E-state index contributed by atoms with van der Waals surface area (Å²) in [5.74, 6) is -0.921. The highest BCUT2D eigenvalue weighted by atomic mass is 35.5. The van der Waals surface area contributed by atoms with Crippen LogP contribution in [-0.4, -0.2) is 29.1 Å². The SMILES string of the molecule is O=C(O)c1[nH]cc(-c2ccc(Cl)cc2)c1N1CCCCC1. The predicted octanol–water partition coefficient (Wildman–Crippen LogP) is 4.02. The van der Waals surface area contributed by atoms with Gasteiger partial charge in [-0.3, -0.25) is 0 Å². The topological polar surface area (TPSA) is 56.3 Å². The molecule has 2 N–H and O–H groups in total. The summed E-state index contributed by atoms with van der Waals surface area (Å²) in [6.07, 6.45) is 5.19. The van der Waals surface area contributed by atoms with Gasteiger partial charge in [0.25, 0.3) is 0 Å². The van der Waals surface area contributed by atoms with Crippen molar-refractivity contribution in [2.75, 3.05) is 18.0 Å². The summed E-state index contributed by atoms with van der Waals surface area (Å²) in [5.41, 5.74) is 2.96. The number of H-pyrrole nitrogens is 1. The second kappa shape index (κ2) is 5.82. The zero-order valence-corrected chi connectivity index (χ0v) is 12.4. The first kappa shape index (κ1) is 14.0. The number of piperidine rings is 1. The van der Waals surface area contributed by atoms with Crippen LogP contribution in [0.5, 0.6) is 0 Å². The van der Waals surface area contributed by atoms with Crippen LogP contribution < -0.4 is 4.90 Å². The number of anilines is 1. The summed E-state index contributed by atoms with van der Waals surface area (Å²) < 4.78 is 0. The van der Waals surface area contributed by atoms with Crippen molar-refractivity contribution in [1.82, 2.24) is 4.98 Å². The fourth-order valence-electron chi connectivity index (χ4n) is 2.87. The Hall–Kier alpha value is -1.94. The van der Waals surface area contributed by atoms with Crippen molar-refractivity contribution in [3.05, 3.63) is 41.2 Å². The average Bonchev–Trinajstić information content (AvgIpc) is 2.94. The molecule has 0 saturated carbocycles. The predicted molar refractivity (Wildman–Crippen MR) is 84.3 cm³/mol. The Labute approximate surface area is 128 Å². The maximum Gasteiger partial charge on any atom is 0.354 e. The molecule has 0 bridgehead atoms. The molecule has 0 spiro atoms. The molecule has 1 aliphatic rings. The summed E-state index contributed by atoms with van der Waals surface area (Å²) in [7, 11) is 0. The first-order valence-electron chi connectivity index (χ1n) is 7.12. The minimum absolute atomic E-state index is 0.266. The van der Waals surface area contributed by atoms with Gasteiger partial charge < -0.3 is 15.0 Å². The van der Waals surface area contributed by atoms with E-state index >= 15 is 0 Å². The Bertz CT molecular complexity index is 643. The molecule has 4 nitrogen and oxygen atoms in total. The van der Waals surface area contributed by atoms with E-state index in [1.807, 2.05) is 24.3 Å². The number of aromatic carboxylic acids is 1. The van der Waals surface area contributed by atoms with Crippen LogP contribution in [0, 0.1) is 0 Å². The van der Waals surface area contributed by atoms with Gasteiger partial charge >= 0.3 is 5.97 Å². The number of rotatable bonds is 3. The van der Waals surface area contributed by atoms with Crippen molar-refractivity contribution in [3.8, 4) is 11.1 Å². The summed E-state index contributed by atoms with van der Waals surface area (Å²) in [5, 5.41) is 10.1. The van der Waals surface area contributed by atoms with Gasteiger partial charge in [-0.2, -0.15) is 0 Å². The molecule has 0 amide bonds. The summed E-state index contributed by atoms with van der Waals surface area (Å²) in [4.78, 5) is 16.6. The molecule has 1 saturated heterocycles. The number of carboxylic acids is 1. The first-order valence-corrected chi connectivity index (χ1v) is 7.50. The third-order valence-corrected chi connectivity index (χ3v) is 4.15. The lowest BCUT2D eigenvalue weighted by atomic mass is 10.0. The monoisotopic (exact) mass is 304 g/mol. The van der Waals surface area contributed by atoms with Crippen molar-refractivity contribution >= 4 is 23.3 Å². The maximum atomic E-state index is 11.5. The van der Waals surface area contributed by atoms with Crippen LogP contribution >= 0.6 is 11.6 Å². The Kier molecular flexibility index (Phi) is 3.88. The Balaban J connectivity index is 2.07. The zero-order chi connectivity index (χ0) is 14.8. The molecule has 21 heavy (non-hydrogen) atoms. The Morgan fingerprint density at radius 3 is 2.43 bits per heavy atom. The molecule has 5 heteroatoms. The van der Waals surface area contributed by atoms with E-state index < -0.39 is 5.97 Å². The highest BCUT2D eigenvalue weighted by Crippen LogP contribution is 2.36. The number of nitrogens with zero attached hydrogens (tertiary/aromatic N) is 1. The van der Waals surface area contributed by atoms with Crippen molar-refractivity contribution in [1.29, 1.82) is 0 Å². The molecule has 1 aromatic carbocycles. The highest BCUT2D eigenvalue weighted by Gasteiger charge is 2.24. The summed E-state index contributed by atoms with van der Waals surface area (Å²) in [6, 6.07) is 7.49. The van der Waals surface area contributed by atoms with Crippen molar-refractivity contribution in [2.24, 2.45) is 0 Å². The van der Waals surface area contributed by atoms with Crippen molar-refractivity contribution < 1.29 is 9.90 Å². The van der Waals surface area contributed by atoms with E-state index in [1.165, 1.54) is 6.42 Å². The third kappa shape index (κ3) is 2.76. The van der Waals surface area contributed by atoms with Gasteiger partial charge in [-0.05, 0) is 37.0 Å². The third-order valence-electron chi connectivity index (χ3n) is 3.89. The van der Waals surface area contributed by atoms with Crippen LogP contribution in [0.15, 0.2) is 30.5 Å². The summed E-state index contributed by atoms with van der Waals surface area (Å²) in [6.45, 7) is 1.80. The second-order valence-corrected chi connectivity index (χ2v) is 5.72. The van der Waals surface area contributed by atoms with E-state index in [2.05, 4.69) is 9.88 Å².